The van der Waals surface area contributed by atoms with Crippen molar-refractivity contribution in [1.29, 1.82) is 0 Å². The molecule has 1 fully saturated rings. The van der Waals surface area contributed by atoms with Crippen LogP contribution >= 0.6 is 0 Å². The Kier molecular flexibility index (Phi) is 6.99. The zero-order valence-corrected chi connectivity index (χ0v) is 16.3. The summed E-state index contributed by atoms with van der Waals surface area (Å²) in [5, 5.41) is 5.75. The highest BCUT2D eigenvalue weighted by Crippen LogP contribution is 2.25. The molecule has 8 nitrogen and oxygen atoms in total. The van der Waals surface area contributed by atoms with E-state index in [2.05, 4.69) is 15.6 Å². The van der Waals surface area contributed by atoms with Gasteiger partial charge >= 0.3 is 5.97 Å². The lowest BCUT2D eigenvalue weighted by molar-refractivity contribution is -0.145. The minimum Gasteiger partial charge on any atom is -0.467 e. The average molecular weight is 399 g/mol. The number of carbonyl (C=O) groups is 3. The third-order valence-corrected chi connectivity index (χ3v) is 5.18. The van der Waals surface area contributed by atoms with E-state index < -0.39 is 12.0 Å². The Morgan fingerprint density at radius 3 is 2.52 bits per heavy atom. The van der Waals surface area contributed by atoms with Crippen molar-refractivity contribution >= 4 is 17.8 Å². The molecule has 1 saturated carbocycles. The predicted octanol–water partition coefficient (Wildman–Crippen LogP) is 1.86. The number of esters is 1. The summed E-state index contributed by atoms with van der Waals surface area (Å²) in [5.41, 5.74) is 1.19. The van der Waals surface area contributed by atoms with Crippen molar-refractivity contribution < 1.29 is 23.5 Å². The Morgan fingerprint density at radius 2 is 1.90 bits per heavy atom. The van der Waals surface area contributed by atoms with Gasteiger partial charge in [-0.3, -0.25) is 9.59 Å². The first-order chi connectivity index (χ1) is 14.1. The van der Waals surface area contributed by atoms with E-state index in [9.17, 15) is 14.4 Å². The van der Waals surface area contributed by atoms with Crippen LogP contribution in [0, 0.1) is 5.92 Å². The molecule has 2 N–H and O–H groups in total. The van der Waals surface area contributed by atoms with Crippen LogP contribution in [0.2, 0.25) is 0 Å². The van der Waals surface area contributed by atoms with E-state index >= 15 is 0 Å². The van der Waals surface area contributed by atoms with Gasteiger partial charge in [-0.2, -0.15) is 0 Å². The van der Waals surface area contributed by atoms with Crippen LogP contribution in [0.4, 0.5) is 0 Å². The lowest BCUT2D eigenvalue weighted by atomic mass is 9.85. The fraction of sp³-hybridized carbons (Fsp3) is 0.429. The fourth-order valence-corrected chi connectivity index (χ4v) is 3.56. The van der Waals surface area contributed by atoms with Crippen molar-refractivity contribution in [2.45, 2.75) is 44.2 Å². The van der Waals surface area contributed by atoms with E-state index in [1.807, 2.05) is 30.3 Å². The zero-order chi connectivity index (χ0) is 20.6. The molecule has 0 saturated heterocycles. The zero-order valence-electron chi connectivity index (χ0n) is 16.3. The van der Waals surface area contributed by atoms with Crippen molar-refractivity contribution in [3.05, 3.63) is 54.2 Å². The molecule has 1 aliphatic rings. The third-order valence-electron chi connectivity index (χ3n) is 5.18. The normalized spacial score (nSPS) is 19.8. The van der Waals surface area contributed by atoms with E-state index in [0.29, 0.717) is 32.1 Å². The van der Waals surface area contributed by atoms with Crippen LogP contribution in [0.5, 0.6) is 0 Å². The smallest absolute Gasteiger partial charge is 0.328 e. The summed E-state index contributed by atoms with van der Waals surface area (Å²) in [4.78, 5) is 40.7. The molecule has 2 amide bonds. The first-order valence-electron chi connectivity index (χ1n) is 9.68. The molecule has 3 rings (SSSR count). The number of nitrogens with zero attached hydrogens (tertiary/aromatic N) is 1. The largest absolute Gasteiger partial charge is 0.467 e. The molecule has 8 heteroatoms. The van der Waals surface area contributed by atoms with Gasteiger partial charge in [0.1, 0.15) is 12.3 Å². The van der Waals surface area contributed by atoms with E-state index in [4.69, 9.17) is 9.15 Å². The van der Waals surface area contributed by atoms with Crippen LogP contribution in [0.25, 0.3) is 0 Å². The fourth-order valence-electron chi connectivity index (χ4n) is 3.56. The van der Waals surface area contributed by atoms with E-state index in [0.717, 1.165) is 5.56 Å². The van der Waals surface area contributed by atoms with Crippen LogP contribution in [0.15, 0.2) is 47.4 Å². The number of amides is 2. The summed E-state index contributed by atoms with van der Waals surface area (Å²) in [6, 6.07) is 8.76. The number of benzene rings is 1. The molecule has 1 unspecified atom stereocenters. The molecule has 1 atom stereocenters. The van der Waals surface area contributed by atoms with Crippen LogP contribution in [0.1, 0.15) is 41.7 Å². The Morgan fingerprint density at radius 1 is 1.17 bits per heavy atom. The molecule has 1 aromatic carbocycles. The topological polar surface area (TPSA) is 111 Å². The molecule has 1 aromatic heterocycles. The molecule has 29 heavy (non-hydrogen) atoms. The maximum absolute atomic E-state index is 12.7. The number of nitrogens with one attached hydrogen (secondary N) is 2. The number of hydrogen-bond acceptors (Lipinski definition) is 6. The van der Waals surface area contributed by atoms with Crippen LogP contribution in [0.3, 0.4) is 0 Å². The Labute approximate surface area is 169 Å². The van der Waals surface area contributed by atoms with Crippen LogP contribution in [-0.2, 0) is 20.7 Å². The number of methoxy groups -OCH3 is 1. The van der Waals surface area contributed by atoms with Crippen molar-refractivity contribution in [1.82, 2.24) is 15.6 Å². The maximum atomic E-state index is 12.7. The van der Waals surface area contributed by atoms with Crippen molar-refractivity contribution in [2.75, 3.05) is 7.11 Å². The third kappa shape index (κ3) is 5.66. The molecule has 0 aliphatic heterocycles. The SMILES string of the molecule is COC(=O)C(Cc1ccccc1)NC(=O)C1CCC(NC(=O)c2cocn2)CC1. The van der Waals surface area contributed by atoms with Gasteiger partial charge in [0.15, 0.2) is 12.1 Å². The first kappa shape index (κ1) is 20.6. The molecule has 154 valence electrons. The number of rotatable bonds is 7. The highest BCUT2D eigenvalue weighted by atomic mass is 16.5. The number of oxazole rings is 1. The second kappa shape index (κ2) is 9.86. The van der Waals surface area contributed by atoms with Gasteiger partial charge in [0.25, 0.3) is 5.91 Å². The lowest BCUT2D eigenvalue weighted by Crippen LogP contribution is -2.47. The molecular weight excluding hydrogens is 374 g/mol. The molecule has 1 heterocycles. The summed E-state index contributed by atoms with van der Waals surface area (Å²) in [6.07, 6.45) is 5.52. The van der Waals surface area contributed by atoms with Gasteiger partial charge in [-0.25, -0.2) is 9.78 Å². The summed E-state index contributed by atoms with van der Waals surface area (Å²) >= 11 is 0. The monoisotopic (exact) mass is 399 g/mol. The van der Waals surface area contributed by atoms with Gasteiger partial charge in [-0.15, -0.1) is 0 Å². The van der Waals surface area contributed by atoms with Gasteiger partial charge in [0, 0.05) is 18.4 Å². The maximum Gasteiger partial charge on any atom is 0.328 e. The van der Waals surface area contributed by atoms with Crippen LogP contribution in [-0.4, -0.2) is 42.0 Å². The minimum absolute atomic E-state index is 0.0102. The number of ether oxygens (including phenoxy) is 1. The minimum atomic E-state index is -0.723. The predicted molar refractivity (Wildman–Crippen MR) is 104 cm³/mol. The Balaban J connectivity index is 1.50. The Bertz CT molecular complexity index is 814. The van der Waals surface area contributed by atoms with E-state index in [1.54, 1.807) is 0 Å². The quantitative estimate of drug-likeness (QED) is 0.688. The Hall–Kier alpha value is -3.16. The highest BCUT2D eigenvalue weighted by Gasteiger charge is 2.30. The first-order valence-corrected chi connectivity index (χ1v) is 9.68. The van der Waals surface area contributed by atoms with Crippen molar-refractivity contribution in [3.63, 3.8) is 0 Å². The summed E-state index contributed by atoms with van der Waals surface area (Å²) < 4.78 is 9.67. The van der Waals surface area contributed by atoms with Gasteiger partial charge in [0.05, 0.1) is 7.11 Å². The van der Waals surface area contributed by atoms with E-state index in [1.165, 1.54) is 19.8 Å². The van der Waals surface area contributed by atoms with Crippen molar-refractivity contribution in [3.8, 4) is 0 Å². The summed E-state index contributed by atoms with van der Waals surface area (Å²) in [5.74, 6) is -1.09. The second-order valence-corrected chi connectivity index (χ2v) is 7.17. The average Bonchev–Trinajstić information content (AvgIpc) is 3.29. The van der Waals surface area contributed by atoms with Gasteiger partial charge in [0.2, 0.25) is 5.91 Å². The second-order valence-electron chi connectivity index (χ2n) is 7.17. The number of carbonyl (C=O) groups excluding carboxylic acids is 3. The van der Waals surface area contributed by atoms with E-state index in [-0.39, 0.29) is 29.5 Å². The molecule has 0 radical (unpaired) electrons. The molecule has 2 aromatic rings. The van der Waals surface area contributed by atoms with Gasteiger partial charge in [-0.05, 0) is 31.2 Å². The molecule has 0 spiro atoms. The van der Waals surface area contributed by atoms with Gasteiger partial charge < -0.3 is 19.8 Å². The number of aromatic nitrogens is 1. The van der Waals surface area contributed by atoms with Gasteiger partial charge in [-0.1, -0.05) is 30.3 Å². The molecular formula is C21H25N3O5. The molecule has 1 aliphatic carbocycles. The summed E-state index contributed by atoms with van der Waals surface area (Å²) in [7, 11) is 1.31. The van der Waals surface area contributed by atoms with Crippen molar-refractivity contribution in [2.24, 2.45) is 5.92 Å². The summed E-state index contributed by atoms with van der Waals surface area (Å²) in [6.45, 7) is 0. The lowest BCUT2D eigenvalue weighted by Gasteiger charge is -2.29. The van der Waals surface area contributed by atoms with Crippen LogP contribution < -0.4 is 10.6 Å². The molecule has 0 bridgehead atoms. The number of hydrogen-bond donors (Lipinski definition) is 2. The standard InChI is InChI=1S/C21H25N3O5/c1-28-21(27)17(11-14-5-3-2-4-6-14)24-19(25)15-7-9-16(10-8-15)23-20(26)18-12-29-13-22-18/h2-6,12-13,15-17H,7-11H2,1H3,(H,23,26)(H,24,25). The highest BCUT2D eigenvalue weighted by molar-refractivity contribution is 5.92.